The summed E-state index contributed by atoms with van der Waals surface area (Å²) in [6, 6.07) is 9.53. The molecule has 0 aliphatic heterocycles. The van der Waals surface area contributed by atoms with E-state index < -0.39 is 0 Å². The van der Waals surface area contributed by atoms with Crippen molar-refractivity contribution in [2.45, 2.75) is 32.7 Å². The Balaban J connectivity index is 1.96. The fraction of sp³-hybridized carbons (Fsp3) is 0.412. The monoisotopic (exact) mass is 302 g/mol. The van der Waals surface area contributed by atoms with Crippen LogP contribution >= 0.6 is 0 Å². The Hall–Kier alpha value is -2.14. The minimum absolute atomic E-state index is 0.0296. The standard InChI is InChI=1S/C17H22N2O3/c1-12(2)15(8-9-20)19-16(21)10-14-11-22-17(18-14)13-6-4-3-5-7-13/h3-7,11-12,15,20H,8-10H2,1-2H3,(H,19,21). The molecule has 118 valence electrons. The number of aromatic nitrogens is 1. The Bertz CT molecular complexity index is 593. The van der Waals surface area contributed by atoms with Crippen molar-refractivity contribution in [3.63, 3.8) is 0 Å². The Morgan fingerprint density at radius 2 is 2.05 bits per heavy atom. The number of nitrogens with zero attached hydrogens (tertiary/aromatic N) is 1. The fourth-order valence-corrected chi connectivity index (χ4v) is 2.24. The molecule has 1 aromatic heterocycles. The molecule has 2 N–H and O–H groups in total. The first-order chi connectivity index (χ1) is 10.6. The second kappa shape index (κ2) is 7.75. The highest BCUT2D eigenvalue weighted by Gasteiger charge is 2.17. The van der Waals surface area contributed by atoms with Crippen LogP contribution in [-0.4, -0.2) is 28.6 Å². The van der Waals surface area contributed by atoms with Gasteiger partial charge in [0, 0.05) is 18.2 Å². The molecule has 0 bridgehead atoms. The quantitative estimate of drug-likeness (QED) is 0.823. The average molecular weight is 302 g/mol. The lowest BCUT2D eigenvalue weighted by atomic mass is 10.0. The van der Waals surface area contributed by atoms with E-state index >= 15 is 0 Å². The molecule has 2 rings (SSSR count). The van der Waals surface area contributed by atoms with E-state index in [1.807, 2.05) is 44.2 Å². The van der Waals surface area contributed by atoms with Gasteiger partial charge in [0.25, 0.3) is 0 Å². The van der Waals surface area contributed by atoms with Crippen molar-refractivity contribution in [1.82, 2.24) is 10.3 Å². The maximum absolute atomic E-state index is 12.1. The van der Waals surface area contributed by atoms with Gasteiger partial charge in [0.15, 0.2) is 0 Å². The second-order valence-electron chi connectivity index (χ2n) is 5.62. The number of aliphatic hydroxyl groups is 1. The largest absolute Gasteiger partial charge is 0.444 e. The first-order valence-corrected chi connectivity index (χ1v) is 7.50. The number of oxazole rings is 1. The molecule has 1 atom stereocenters. The van der Waals surface area contributed by atoms with Gasteiger partial charge in [-0.05, 0) is 24.5 Å². The number of carbonyl (C=O) groups excluding carboxylic acids is 1. The average Bonchev–Trinajstić information content (AvgIpc) is 2.96. The molecule has 5 nitrogen and oxygen atoms in total. The molecule has 0 aliphatic carbocycles. The maximum atomic E-state index is 12.1. The van der Waals surface area contributed by atoms with Crippen LogP contribution in [0.2, 0.25) is 0 Å². The van der Waals surface area contributed by atoms with Crippen LogP contribution in [-0.2, 0) is 11.2 Å². The summed E-state index contributed by atoms with van der Waals surface area (Å²) in [6.45, 7) is 4.10. The summed E-state index contributed by atoms with van der Waals surface area (Å²) >= 11 is 0. The molecule has 22 heavy (non-hydrogen) atoms. The van der Waals surface area contributed by atoms with Gasteiger partial charge in [0.1, 0.15) is 6.26 Å². The molecule has 2 aromatic rings. The fourth-order valence-electron chi connectivity index (χ4n) is 2.24. The van der Waals surface area contributed by atoms with Crippen molar-refractivity contribution in [3.8, 4) is 11.5 Å². The Morgan fingerprint density at radius 3 is 2.68 bits per heavy atom. The van der Waals surface area contributed by atoms with Crippen LogP contribution < -0.4 is 5.32 Å². The molecule has 0 radical (unpaired) electrons. The van der Waals surface area contributed by atoms with Gasteiger partial charge in [-0.25, -0.2) is 4.98 Å². The molecule has 0 fully saturated rings. The van der Waals surface area contributed by atoms with Gasteiger partial charge in [-0.2, -0.15) is 0 Å². The molecule has 0 aliphatic rings. The molecular formula is C17H22N2O3. The molecular weight excluding hydrogens is 280 g/mol. The van der Waals surface area contributed by atoms with E-state index in [-0.39, 0.29) is 30.9 Å². The van der Waals surface area contributed by atoms with Crippen molar-refractivity contribution >= 4 is 5.91 Å². The van der Waals surface area contributed by atoms with Crippen molar-refractivity contribution in [1.29, 1.82) is 0 Å². The lowest BCUT2D eigenvalue weighted by Gasteiger charge is -2.21. The van der Waals surface area contributed by atoms with E-state index in [9.17, 15) is 4.79 Å². The van der Waals surface area contributed by atoms with E-state index in [1.54, 1.807) is 0 Å². The van der Waals surface area contributed by atoms with Gasteiger partial charge in [-0.15, -0.1) is 0 Å². The summed E-state index contributed by atoms with van der Waals surface area (Å²) in [5.74, 6) is 0.674. The summed E-state index contributed by atoms with van der Waals surface area (Å²) in [6.07, 6.45) is 2.24. The van der Waals surface area contributed by atoms with Crippen LogP contribution in [0, 0.1) is 5.92 Å². The number of aliphatic hydroxyl groups excluding tert-OH is 1. The Labute approximate surface area is 130 Å². The van der Waals surface area contributed by atoms with Gasteiger partial charge >= 0.3 is 0 Å². The van der Waals surface area contributed by atoms with Gasteiger partial charge in [0.05, 0.1) is 12.1 Å². The molecule has 1 amide bonds. The minimum Gasteiger partial charge on any atom is -0.444 e. The smallest absolute Gasteiger partial charge is 0.226 e. The van der Waals surface area contributed by atoms with Crippen LogP contribution in [0.5, 0.6) is 0 Å². The summed E-state index contributed by atoms with van der Waals surface area (Å²) in [5.41, 5.74) is 1.48. The number of amides is 1. The second-order valence-corrected chi connectivity index (χ2v) is 5.62. The lowest BCUT2D eigenvalue weighted by Crippen LogP contribution is -2.40. The van der Waals surface area contributed by atoms with Crippen LogP contribution in [0.4, 0.5) is 0 Å². The van der Waals surface area contributed by atoms with Crippen molar-refractivity contribution in [3.05, 3.63) is 42.3 Å². The number of hydrogen-bond acceptors (Lipinski definition) is 4. The highest BCUT2D eigenvalue weighted by atomic mass is 16.3. The van der Waals surface area contributed by atoms with Crippen LogP contribution in [0.1, 0.15) is 26.0 Å². The van der Waals surface area contributed by atoms with Gasteiger partial charge in [-0.1, -0.05) is 32.0 Å². The molecule has 0 spiro atoms. The third kappa shape index (κ3) is 4.43. The predicted molar refractivity (Wildman–Crippen MR) is 84.1 cm³/mol. The molecule has 1 unspecified atom stereocenters. The SMILES string of the molecule is CC(C)C(CCO)NC(=O)Cc1coc(-c2ccccc2)n1. The third-order valence-electron chi connectivity index (χ3n) is 3.51. The molecule has 1 heterocycles. The van der Waals surface area contributed by atoms with Crippen molar-refractivity contribution < 1.29 is 14.3 Å². The Kier molecular flexibility index (Phi) is 5.72. The molecule has 0 saturated heterocycles. The molecule has 1 aromatic carbocycles. The predicted octanol–water partition coefficient (Wildman–Crippen LogP) is 2.41. The molecule has 0 saturated carbocycles. The van der Waals surface area contributed by atoms with Crippen LogP contribution in [0.25, 0.3) is 11.5 Å². The lowest BCUT2D eigenvalue weighted by molar-refractivity contribution is -0.121. The summed E-state index contributed by atoms with van der Waals surface area (Å²) < 4.78 is 5.42. The zero-order valence-corrected chi connectivity index (χ0v) is 13.0. The first-order valence-electron chi connectivity index (χ1n) is 7.50. The summed E-state index contributed by atoms with van der Waals surface area (Å²) in [7, 11) is 0. The minimum atomic E-state index is -0.111. The maximum Gasteiger partial charge on any atom is 0.226 e. The number of hydrogen-bond donors (Lipinski definition) is 2. The van der Waals surface area contributed by atoms with Crippen molar-refractivity contribution in [2.75, 3.05) is 6.61 Å². The molecule has 5 heteroatoms. The van der Waals surface area contributed by atoms with Crippen molar-refractivity contribution in [2.24, 2.45) is 5.92 Å². The third-order valence-corrected chi connectivity index (χ3v) is 3.51. The highest BCUT2D eigenvalue weighted by Crippen LogP contribution is 2.18. The summed E-state index contributed by atoms with van der Waals surface area (Å²) in [5, 5.41) is 12.0. The van der Waals surface area contributed by atoms with E-state index in [0.717, 1.165) is 5.56 Å². The van der Waals surface area contributed by atoms with Crippen LogP contribution in [0.3, 0.4) is 0 Å². The number of rotatable bonds is 7. The van der Waals surface area contributed by atoms with E-state index in [2.05, 4.69) is 10.3 Å². The van der Waals surface area contributed by atoms with E-state index in [4.69, 9.17) is 9.52 Å². The number of benzene rings is 1. The first kappa shape index (κ1) is 16.2. The summed E-state index contributed by atoms with van der Waals surface area (Å²) in [4.78, 5) is 16.4. The van der Waals surface area contributed by atoms with Crippen LogP contribution in [0.15, 0.2) is 41.0 Å². The number of carbonyl (C=O) groups is 1. The highest BCUT2D eigenvalue weighted by molar-refractivity contribution is 5.78. The van der Waals surface area contributed by atoms with Gasteiger partial charge in [0.2, 0.25) is 11.8 Å². The zero-order valence-electron chi connectivity index (χ0n) is 13.0. The van der Waals surface area contributed by atoms with Gasteiger partial charge in [-0.3, -0.25) is 4.79 Å². The normalized spacial score (nSPS) is 12.4. The zero-order chi connectivity index (χ0) is 15.9. The topological polar surface area (TPSA) is 75.4 Å². The number of nitrogens with one attached hydrogen (secondary N) is 1. The Morgan fingerprint density at radius 1 is 1.32 bits per heavy atom. The van der Waals surface area contributed by atoms with E-state index in [1.165, 1.54) is 6.26 Å². The van der Waals surface area contributed by atoms with Gasteiger partial charge < -0.3 is 14.8 Å². The van der Waals surface area contributed by atoms with E-state index in [0.29, 0.717) is 18.0 Å².